The Morgan fingerprint density at radius 2 is 2.27 bits per heavy atom. The minimum Gasteiger partial charge on any atom is -0.497 e. The number of aromatic nitrogens is 4. The topological polar surface area (TPSA) is 92.3 Å². The maximum atomic E-state index is 12.3. The molecule has 0 bridgehead atoms. The van der Waals surface area contributed by atoms with E-state index in [4.69, 9.17) is 13.9 Å². The highest BCUT2D eigenvalue weighted by molar-refractivity contribution is 6.05. The molecule has 2 heterocycles. The molecular formula is C14H14N4O4. The summed E-state index contributed by atoms with van der Waals surface area (Å²) in [5.41, 5.74) is 0.943. The molecule has 3 aromatic rings. The Kier molecular flexibility index (Phi) is 3.73. The lowest BCUT2D eigenvalue weighted by Crippen LogP contribution is -2.09. The Morgan fingerprint density at radius 1 is 1.41 bits per heavy atom. The molecule has 0 spiro atoms. The number of nitrogens with zero attached hydrogens (tertiary/aromatic N) is 4. The van der Waals surface area contributed by atoms with Crippen molar-refractivity contribution in [2.45, 2.75) is 13.5 Å². The van der Waals surface area contributed by atoms with Crippen LogP contribution in [0.4, 0.5) is 0 Å². The summed E-state index contributed by atoms with van der Waals surface area (Å²) in [6.07, 6.45) is 1.45. The molecule has 2 aromatic heterocycles. The van der Waals surface area contributed by atoms with Crippen LogP contribution >= 0.6 is 0 Å². The van der Waals surface area contributed by atoms with E-state index in [1.54, 1.807) is 32.2 Å². The van der Waals surface area contributed by atoms with Gasteiger partial charge in [-0.3, -0.25) is 0 Å². The Labute approximate surface area is 125 Å². The first kappa shape index (κ1) is 14.1. The van der Waals surface area contributed by atoms with Crippen LogP contribution in [0, 0.1) is 0 Å². The number of hydrogen-bond donors (Lipinski definition) is 0. The molecule has 0 amide bonds. The zero-order chi connectivity index (χ0) is 15.5. The van der Waals surface area contributed by atoms with Gasteiger partial charge in [0.2, 0.25) is 0 Å². The summed E-state index contributed by atoms with van der Waals surface area (Å²) in [5, 5.41) is 11.6. The van der Waals surface area contributed by atoms with Gasteiger partial charge in [0.05, 0.1) is 13.7 Å². The monoisotopic (exact) mass is 302 g/mol. The van der Waals surface area contributed by atoms with Crippen molar-refractivity contribution in [1.82, 2.24) is 20.2 Å². The lowest BCUT2D eigenvalue weighted by molar-refractivity contribution is 0.0525. The maximum absolute atomic E-state index is 12.3. The molecule has 0 fully saturated rings. The summed E-state index contributed by atoms with van der Waals surface area (Å²) in [7, 11) is 1.56. The van der Waals surface area contributed by atoms with Crippen molar-refractivity contribution in [3.8, 4) is 5.75 Å². The van der Waals surface area contributed by atoms with Gasteiger partial charge < -0.3 is 13.9 Å². The predicted octanol–water partition coefficient (Wildman–Crippen LogP) is 1.65. The second-order valence-electron chi connectivity index (χ2n) is 4.49. The number of tetrazole rings is 1. The van der Waals surface area contributed by atoms with E-state index in [0.717, 1.165) is 0 Å². The van der Waals surface area contributed by atoms with Crippen LogP contribution in [0.2, 0.25) is 0 Å². The molecule has 0 saturated carbocycles. The van der Waals surface area contributed by atoms with E-state index in [2.05, 4.69) is 15.5 Å². The lowest BCUT2D eigenvalue weighted by atomic mass is 10.1. The zero-order valence-corrected chi connectivity index (χ0v) is 12.1. The molecule has 0 saturated heterocycles. The predicted molar refractivity (Wildman–Crippen MR) is 75.6 cm³/mol. The Bertz CT molecular complexity index is 795. The number of carbonyl (C=O) groups is 1. The van der Waals surface area contributed by atoms with Crippen LogP contribution in [0.5, 0.6) is 5.75 Å². The van der Waals surface area contributed by atoms with E-state index in [1.165, 1.54) is 11.0 Å². The smallest absolute Gasteiger partial charge is 0.342 e. The van der Waals surface area contributed by atoms with E-state index in [9.17, 15) is 4.79 Å². The summed E-state index contributed by atoms with van der Waals surface area (Å²) >= 11 is 0. The van der Waals surface area contributed by atoms with Crippen molar-refractivity contribution < 1.29 is 18.7 Å². The van der Waals surface area contributed by atoms with Crippen LogP contribution in [0.3, 0.4) is 0 Å². The Hall–Kier alpha value is -2.90. The Balaban J connectivity index is 2.12. The number of ether oxygens (including phenoxy) is 2. The maximum Gasteiger partial charge on any atom is 0.342 e. The molecule has 0 aliphatic heterocycles. The van der Waals surface area contributed by atoms with Crippen LogP contribution < -0.4 is 4.74 Å². The van der Waals surface area contributed by atoms with Gasteiger partial charge in [-0.2, -0.15) is 0 Å². The number of benzene rings is 1. The third kappa shape index (κ3) is 2.50. The lowest BCUT2D eigenvalue weighted by Gasteiger charge is -2.03. The molecule has 0 atom stereocenters. The molecule has 3 rings (SSSR count). The van der Waals surface area contributed by atoms with Crippen LogP contribution in [0.25, 0.3) is 11.0 Å². The van der Waals surface area contributed by atoms with Crippen molar-refractivity contribution in [2.24, 2.45) is 0 Å². The minimum atomic E-state index is -0.447. The molecule has 8 nitrogen and oxygen atoms in total. The fraction of sp³-hybridized carbons (Fsp3) is 0.286. The number of furan rings is 1. The third-order valence-corrected chi connectivity index (χ3v) is 3.14. The first-order chi connectivity index (χ1) is 10.7. The zero-order valence-electron chi connectivity index (χ0n) is 12.1. The minimum absolute atomic E-state index is 0.234. The molecule has 0 aliphatic carbocycles. The molecule has 0 N–H and O–H groups in total. The third-order valence-electron chi connectivity index (χ3n) is 3.14. The van der Waals surface area contributed by atoms with E-state index < -0.39 is 5.97 Å². The number of esters is 1. The number of carbonyl (C=O) groups excluding carboxylic acids is 1. The van der Waals surface area contributed by atoms with Crippen LogP contribution in [-0.2, 0) is 11.3 Å². The largest absolute Gasteiger partial charge is 0.497 e. The first-order valence-corrected chi connectivity index (χ1v) is 6.70. The van der Waals surface area contributed by atoms with Gasteiger partial charge >= 0.3 is 5.97 Å². The van der Waals surface area contributed by atoms with Gasteiger partial charge in [0.25, 0.3) is 0 Å². The van der Waals surface area contributed by atoms with Crippen LogP contribution in [0.1, 0.15) is 23.0 Å². The van der Waals surface area contributed by atoms with E-state index >= 15 is 0 Å². The molecule has 0 radical (unpaired) electrons. The van der Waals surface area contributed by atoms with Gasteiger partial charge in [0.15, 0.2) is 0 Å². The summed E-state index contributed by atoms with van der Waals surface area (Å²) in [5.74, 6) is 0.624. The highest BCUT2D eigenvalue weighted by atomic mass is 16.5. The SMILES string of the molecule is CCOC(=O)c1c(Cn2cnnn2)oc2ccc(OC)cc12. The second-order valence-corrected chi connectivity index (χ2v) is 4.49. The molecule has 8 heteroatoms. The number of hydrogen-bond acceptors (Lipinski definition) is 7. The molecular weight excluding hydrogens is 288 g/mol. The molecule has 22 heavy (non-hydrogen) atoms. The summed E-state index contributed by atoms with van der Waals surface area (Å²) < 4.78 is 17.6. The standard InChI is InChI=1S/C14H14N4O4/c1-3-21-14(19)13-10-6-9(20-2)4-5-11(10)22-12(13)7-18-8-15-16-17-18/h4-6,8H,3,7H2,1-2H3. The molecule has 0 unspecified atom stereocenters. The average Bonchev–Trinajstić information content (AvgIpc) is 3.14. The highest BCUT2D eigenvalue weighted by Gasteiger charge is 2.23. The van der Waals surface area contributed by atoms with Crippen LogP contribution in [-0.4, -0.2) is 39.9 Å². The summed E-state index contributed by atoms with van der Waals surface area (Å²) in [6.45, 7) is 2.26. The number of methoxy groups -OCH3 is 1. The fourth-order valence-corrected chi connectivity index (χ4v) is 2.19. The first-order valence-electron chi connectivity index (χ1n) is 6.70. The van der Waals surface area contributed by atoms with Gasteiger partial charge in [-0.25, -0.2) is 9.48 Å². The van der Waals surface area contributed by atoms with Gasteiger partial charge in [0, 0.05) is 5.39 Å². The van der Waals surface area contributed by atoms with E-state index in [0.29, 0.717) is 28.0 Å². The molecule has 0 aliphatic rings. The summed E-state index contributed by atoms with van der Waals surface area (Å²) in [4.78, 5) is 12.3. The fourth-order valence-electron chi connectivity index (χ4n) is 2.19. The normalized spacial score (nSPS) is 10.8. The van der Waals surface area contributed by atoms with Crippen molar-refractivity contribution in [3.05, 3.63) is 35.9 Å². The van der Waals surface area contributed by atoms with Gasteiger partial charge in [0.1, 0.15) is 35.5 Å². The van der Waals surface area contributed by atoms with Crippen molar-refractivity contribution in [3.63, 3.8) is 0 Å². The highest BCUT2D eigenvalue weighted by Crippen LogP contribution is 2.30. The van der Waals surface area contributed by atoms with Crippen LogP contribution in [0.15, 0.2) is 28.9 Å². The van der Waals surface area contributed by atoms with Gasteiger partial charge in [-0.05, 0) is 35.5 Å². The van der Waals surface area contributed by atoms with Crippen molar-refractivity contribution in [1.29, 1.82) is 0 Å². The van der Waals surface area contributed by atoms with E-state index in [1.807, 2.05) is 0 Å². The summed E-state index contributed by atoms with van der Waals surface area (Å²) in [6, 6.07) is 5.26. The second kappa shape index (κ2) is 5.84. The quantitative estimate of drug-likeness (QED) is 0.661. The van der Waals surface area contributed by atoms with Crippen molar-refractivity contribution >= 4 is 16.9 Å². The van der Waals surface area contributed by atoms with E-state index in [-0.39, 0.29) is 13.2 Å². The molecule has 114 valence electrons. The number of fused-ring (bicyclic) bond motifs is 1. The van der Waals surface area contributed by atoms with Gasteiger partial charge in [-0.1, -0.05) is 0 Å². The van der Waals surface area contributed by atoms with Gasteiger partial charge in [-0.15, -0.1) is 5.10 Å². The number of rotatable bonds is 5. The average molecular weight is 302 g/mol. The molecule has 1 aromatic carbocycles. The van der Waals surface area contributed by atoms with Crippen molar-refractivity contribution in [2.75, 3.05) is 13.7 Å². The Morgan fingerprint density at radius 3 is 2.95 bits per heavy atom.